The summed E-state index contributed by atoms with van der Waals surface area (Å²) in [6.07, 6.45) is 3.41. The molecule has 1 aromatic rings. The molecule has 18 heavy (non-hydrogen) atoms. The average molecular weight is 245 g/mol. The maximum absolute atomic E-state index is 11.8. The van der Waals surface area contributed by atoms with Gasteiger partial charge in [-0.3, -0.25) is 4.79 Å². The number of amides is 1. The Morgan fingerprint density at radius 1 is 1.33 bits per heavy atom. The summed E-state index contributed by atoms with van der Waals surface area (Å²) in [5, 5.41) is 8.74. The van der Waals surface area contributed by atoms with Gasteiger partial charge < -0.3 is 9.80 Å². The standard InChI is InChI=1S/C12H15N5O/c1-10(9-13)11(18)16-5-7-17(8-6-16)12-14-3-2-4-15-12/h2-4,10H,5-8H2,1H3. The largest absolute Gasteiger partial charge is 0.338 e. The van der Waals surface area contributed by atoms with Crippen molar-refractivity contribution >= 4 is 11.9 Å². The summed E-state index contributed by atoms with van der Waals surface area (Å²) in [5.41, 5.74) is 0. The fraction of sp³-hybridized carbons (Fsp3) is 0.500. The first-order valence-electron chi connectivity index (χ1n) is 5.92. The second kappa shape index (κ2) is 5.45. The van der Waals surface area contributed by atoms with E-state index < -0.39 is 5.92 Å². The molecule has 1 unspecified atom stereocenters. The van der Waals surface area contributed by atoms with Crippen molar-refractivity contribution in [1.29, 1.82) is 5.26 Å². The van der Waals surface area contributed by atoms with E-state index in [4.69, 9.17) is 5.26 Å². The minimum atomic E-state index is -0.565. The van der Waals surface area contributed by atoms with Gasteiger partial charge in [0.25, 0.3) is 0 Å². The van der Waals surface area contributed by atoms with Crippen molar-refractivity contribution in [2.24, 2.45) is 5.92 Å². The van der Waals surface area contributed by atoms with Gasteiger partial charge in [-0.25, -0.2) is 9.97 Å². The maximum atomic E-state index is 11.8. The number of nitriles is 1. The van der Waals surface area contributed by atoms with Crippen LogP contribution in [0.15, 0.2) is 18.5 Å². The SMILES string of the molecule is CC(C#N)C(=O)N1CCN(c2ncccn2)CC1. The lowest BCUT2D eigenvalue weighted by atomic mass is 10.1. The fourth-order valence-corrected chi connectivity index (χ4v) is 1.91. The van der Waals surface area contributed by atoms with Crippen LogP contribution in [0.1, 0.15) is 6.92 Å². The Morgan fingerprint density at radius 3 is 2.50 bits per heavy atom. The molecule has 6 heteroatoms. The molecule has 0 spiro atoms. The average Bonchev–Trinajstić information content (AvgIpc) is 2.47. The highest BCUT2D eigenvalue weighted by atomic mass is 16.2. The van der Waals surface area contributed by atoms with E-state index in [1.54, 1.807) is 30.3 Å². The van der Waals surface area contributed by atoms with Gasteiger partial charge in [-0.05, 0) is 13.0 Å². The third-order valence-corrected chi connectivity index (χ3v) is 2.99. The zero-order valence-corrected chi connectivity index (χ0v) is 10.3. The smallest absolute Gasteiger partial charge is 0.239 e. The van der Waals surface area contributed by atoms with Gasteiger partial charge in [-0.15, -0.1) is 0 Å². The van der Waals surface area contributed by atoms with Gasteiger partial charge >= 0.3 is 0 Å². The van der Waals surface area contributed by atoms with Crippen LogP contribution in [-0.2, 0) is 4.79 Å². The van der Waals surface area contributed by atoms with E-state index in [1.165, 1.54) is 0 Å². The summed E-state index contributed by atoms with van der Waals surface area (Å²) < 4.78 is 0. The number of hydrogen-bond donors (Lipinski definition) is 0. The van der Waals surface area contributed by atoms with Crippen LogP contribution in [0.3, 0.4) is 0 Å². The van der Waals surface area contributed by atoms with Crippen LogP contribution in [0.25, 0.3) is 0 Å². The van der Waals surface area contributed by atoms with Crippen molar-refractivity contribution in [2.75, 3.05) is 31.1 Å². The van der Waals surface area contributed by atoms with Crippen LogP contribution < -0.4 is 4.90 Å². The molecule has 6 nitrogen and oxygen atoms in total. The van der Waals surface area contributed by atoms with Gasteiger partial charge in [-0.1, -0.05) is 0 Å². The molecule has 1 aromatic heterocycles. The van der Waals surface area contributed by atoms with E-state index in [0.29, 0.717) is 32.1 Å². The Hall–Kier alpha value is -2.16. The van der Waals surface area contributed by atoms with Crippen LogP contribution in [0.2, 0.25) is 0 Å². The van der Waals surface area contributed by atoms with E-state index in [9.17, 15) is 4.79 Å². The second-order valence-corrected chi connectivity index (χ2v) is 4.21. The highest BCUT2D eigenvalue weighted by Crippen LogP contribution is 2.11. The Morgan fingerprint density at radius 2 is 1.94 bits per heavy atom. The molecule has 1 saturated heterocycles. The molecular weight excluding hydrogens is 230 g/mol. The zero-order chi connectivity index (χ0) is 13.0. The molecule has 1 fully saturated rings. The van der Waals surface area contributed by atoms with Gasteiger partial charge in [0.15, 0.2) is 0 Å². The molecule has 1 aliphatic rings. The number of piperazine rings is 1. The molecule has 0 saturated carbocycles. The quantitative estimate of drug-likeness (QED) is 0.748. The first-order valence-corrected chi connectivity index (χ1v) is 5.92. The lowest BCUT2D eigenvalue weighted by Crippen LogP contribution is -2.50. The third-order valence-electron chi connectivity index (χ3n) is 2.99. The Kier molecular flexibility index (Phi) is 3.72. The molecule has 2 rings (SSSR count). The molecule has 0 aromatic carbocycles. The van der Waals surface area contributed by atoms with Gasteiger partial charge in [0.1, 0.15) is 5.92 Å². The summed E-state index contributed by atoms with van der Waals surface area (Å²) in [7, 11) is 0. The number of carbonyl (C=O) groups is 1. The number of nitrogens with zero attached hydrogens (tertiary/aromatic N) is 5. The molecule has 0 radical (unpaired) electrons. The summed E-state index contributed by atoms with van der Waals surface area (Å²) >= 11 is 0. The van der Waals surface area contributed by atoms with E-state index in [0.717, 1.165) is 0 Å². The van der Waals surface area contributed by atoms with E-state index >= 15 is 0 Å². The summed E-state index contributed by atoms with van der Waals surface area (Å²) in [5.74, 6) is 0.0357. The van der Waals surface area contributed by atoms with Crippen molar-refractivity contribution in [2.45, 2.75) is 6.92 Å². The number of aromatic nitrogens is 2. The monoisotopic (exact) mass is 245 g/mol. The predicted octanol–water partition coefficient (Wildman–Crippen LogP) is 0.285. The first kappa shape index (κ1) is 12.3. The third kappa shape index (κ3) is 2.56. The molecule has 0 aliphatic carbocycles. The van der Waals surface area contributed by atoms with Crippen LogP contribution in [-0.4, -0.2) is 47.0 Å². The summed E-state index contributed by atoms with van der Waals surface area (Å²) in [6, 6.07) is 3.75. The fourth-order valence-electron chi connectivity index (χ4n) is 1.91. The maximum Gasteiger partial charge on any atom is 0.239 e. The van der Waals surface area contributed by atoms with Crippen LogP contribution >= 0.6 is 0 Å². The van der Waals surface area contributed by atoms with E-state index in [1.807, 2.05) is 11.0 Å². The topological polar surface area (TPSA) is 73.1 Å². The molecule has 0 N–H and O–H groups in total. The Bertz CT molecular complexity index is 447. The minimum Gasteiger partial charge on any atom is -0.338 e. The van der Waals surface area contributed by atoms with Gasteiger partial charge in [0.05, 0.1) is 6.07 Å². The van der Waals surface area contributed by atoms with Crippen LogP contribution in [0.4, 0.5) is 5.95 Å². The molecule has 94 valence electrons. The number of rotatable bonds is 2. The first-order chi connectivity index (χ1) is 8.72. The Labute approximate surface area is 106 Å². The van der Waals surface area contributed by atoms with Crippen LogP contribution in [0, 0.1) is 17.2 Å². The Balaban J connectivity index is 1.93. The minimum absolute atomic E-state index is 0.0915. The number of anilines is 1. The van der Waals surface area contributed by atoms with Crippen molar-refractivity contribution in [3.63, 3.8) is 0 Å². The number of carbonyl (C=O) groups excluding carboxylic acids is 1. The van der Waals surface area contributed by atoms with Gasteiger partial charge in [0, 0.05) is 38.6 Å². The molecule has 1 aliphatic heterocycles. The summed E-state index contributed by atoms with van der Waals surface area (Å²) in [6.45, 7) is 4.27. The van der Waals surface area contributed by atoms with Gasteiger partial charge in [0.2, 0.25) is 11.9 Å². The highest BCUT2D eigenvalue weighted by Gasteiger charge is 2.25. The molecule has 1 atom stereocenters. The molecule has 0 bridgehead atoms. The molecular formula is C12H15N5O. The van der Waals surface area contributed by atoms with Gasteiger partial charge in [-0.2, -0.15) is 5.26 Å². The van der Waals surface area contributed by atoms with Crippen LogP contribution in [0.5, 0.6) is 0 Å². The highest BCUT2D eigenvalue weighted by molar-refractivity contribution is 5.81. The number of hydrogen-bond acceptors (Lipinski definition) is 5. The summed E-state index contributed by atoms with van der Waals surface area (Å²) in [4.78, 5) is 24.0. The lowest BCUT2D eigenvalue weighted by molar-refractivity contribution is -0.133. The molecule has 2 heterocycles. The van der Waals surface area contributed by atoms with E-state index in [2.05, 4.69) is 9.97 Å². The zero-order valence-electron chi connectivity index (χ0n) is 10.3. The lowest BCUT2D eigenvalue weighted by Gasteiger charge is -2.35. The van der Waals surface area contributed by atoms with Crippen molar-refractivity contribution in [3.05, 3.63) is 18.5 Å². The predicted molar refractivity (Wildman–Crippen MR) is 65.6 cm³/mol. The van der Waals surface area contributed by atoms with Crippen molar-refractivity contribution in [1.82, 2.24) is 14.9 Å². The van der Waals surface area contributed by atoms with E-state index in [-0.39, 0.29) is 5.91 Å². The molecule has 1 amide bonds. The van der Waals surface area contributed by atoms with Crippen molar-refractivity contribution < 1.29 is 4.79 Å². The normalized spacial score (nSPS) is 17.1. The van der Waals surface area contributed by atoms with Crippen molar-refractivity contribution in [3.8, 4) is 6.07 Å². The second-order valence-electron chi connectivity index (χ2n) is 4.21.